The summed E-state index contributed by atoms with van der Waals surface area (Å²) in [4.78, 5) is 22.0. The average molecular weight is 225 g/mol. The van der Waals surface area contributed by atoms with Gasteiger partial charge in [-0.25, -0.2) is 4.79 Å². The molecule has 5 heteroatoms. The second-order valence-electron chi connectivity index (χ2n) is 3.30. The number of amides is 1. The van der Waals surface area contributed by atoms with Crippen LogP contribution in [0, 0.1) is 0 Å². The highest BCUT2D eigenvalue weighted by molar-refractivity contribution is 5.96. The molecule has 1 aliphatic carbocycles. The van der Waals surface area contributed by atoms with Gasteiger partial charge in [-0.2, -0.15) is 0 Å². The van der Waals surface area contributed by atoms with E-state index in [-0.39, 0.29) is 5.78 Å². The van der Waals surface area contributed by atoms with Gasteiger partial charge in [-0.15, -0.1) is 0 Å². The molecule has 1 amide bonds. The van der Waals surface area contributed by atoms with Gasteiger partial charge in [-0.3, -0.25) is 4.79 Å². The van der Waals surface area contributed by atoms with Crippen LogP contribution in [0.2, 0.25) is 0 Å². The highest BCUT2D eigenvalue weighted by Crippen LogP contribution is 2.12. The smallest absolute Gasteiger partial charge is 0.406 e. The fraction of sp³-hybridized carbons (Fsp3) is 0.455. The van der Waals surface area contributed by atoms with E-state index in [1.165, 1.54) is 20.3 Å². The summed E-state index contributed by atoms with van der Waals surface area (Å²) in [5, 5.41) is 2.56. The van der Waals surface area contributed by atoms with Crippen molar-refractivity contribution in [3.8, 4) is 0 Å². The third-order valence-electron chi connectivity index (χ3n) is 2.23. The zero-order valence-corrected chi connectivity index (χ0v) is 9.36. The summed E-state index contributed by atoms with van der Waals surface area (Å²) in [6, 6.07) is 0. The zero-order valence-electron chi connectivity index (χ0n) is 9.36. The van der Waals surface area contributed by atoms with Crippen molar-refractivity contribution in [2.75, 3.05) is 20.8 Å². The van der Waals surface area contributed by atoms with E-state index in [0.717, 1.165) is 5.57 Å². The largest absolute Gasteiger partial charge is 0.453 e. The van der Waals surface area contributed by atoms with E-state index in [2.05, 4.69) is 10.1 Å². The van der Waals surface area contributed by atoms with Crippen molar-refractivity contribution in [1.82, 2.24) is 5.32 Å². The van der Waals surface area contributed by atoms with E-state index >= 15 is 0 Å². The normalized spacial score (nSPS) is 19.2. The standard InChI is InChI=1S/C11H15NO4/c1-15-10-7-8(3-4-9(10)13)5-6-12-11(14)16-2/h3-4,7,10H,5-6H2,1-2H3,(H,12,14). The van der Waals surface area contributed by atoms with Crippen molar-refractivity contribution in [2.24, 2.45) is 0 Å². The number of hydrogen-bond donors (Lipinski definition) is 1. The highest BCUT2D eigenvalue weighted by atomic mass is 16.5. The molecule has 0 bridgehead atoms. The third kappa shape index (κ3) is 3.51. The van der Waals surface area contributed by atoms with Crippen LogP contribution in [0.4, 0.5) is 4.79 Å². The van der Waals surface area contributed by atoms with E-state index in [4.69, 9.17) is 4.74 Å². The molecule has 0 saturated heterocycles. The van der Waals surface area contributed by atoms with Crippen LogP contribution in [0.1, 0.15) is 6.42 Å². The number of allylic oxidation sites excluding steroid dienone is 1. The van der Waals surface area contributed by atoms with Gasteiger partial charge in [0, 0.05) is 13.7 Å². The minimum Gasteiger partial charge on any atom is -0.453 e. The summed E-state index contributed by atoms with van der Waals surface area (Å²) < 4.78 is 9.43. The molecule has 0 spiro atoms. The molecule has 0 heterocycles. The van der Waals surface area contributed by atoms with Crippen LogP contribution in [-0.2, 0) is 14.3 Å². The maximum Gasteiger partial charge on any atom is 0.406 e. The summed E-state index contributed by atoms with van der Waals surface area (Å²) >= 11 is 0. The van der Waals surface area contributed by atoms with Crippen molar-refractivity contribution in [3.63, 3.8) is 0 Å². The SMILES string of the molecule is COC(=O)NCCC1=CC(OC)C(=O)C=C1. The Kier molecular flexibility index (Phi) is 4.72. The first kappa shape index (κ1) is 12.4. The molecule has 88 valence electrons. The predicted octanol–water partition coefficient (Wildman–Crippen LogP) is 0.813. The number of nitrogens with one attached hydrogen (secondary N) is 1. The Balaban J connectivity index is 2.40. The van der Waals surface area contributed by atoms with E-state index in [0.29, 0.717) is 13.0 Å². The van der Waals surface area contributed by atoms with Gasteiger partial charge in [0.15, 0.2) is 5.78 Å². The highest BCUT2D eigenvalue weighted by Gasteiger charge is 2.16. The molecule has 1 N–H and O–H groups in total. The number of alkyl carbamates (subject to hydrolysis) is 1. The minimum absolute atomic E-state index is 0.0628. The van der Waals surface area contributed by atoms with Gasteiger partial charge in [0.2, 0.25) is 0 Å². The molecule has 0 aromatic carbocycles. The Morgan fingerprint density at radius 2 is 2.19 bits per heavy atom. The second kappa shape index (κ2) is 6.07. The van der Waals surface area contributed by atoms with Crippen molar-refractivity contribution < 1.29 is 19.1 Å². The van der Waals surface area contributed by atoms with Gasteiger partial charge in [-0.1, -0.05) is 6.08 Å². The van der Waals surface area contributed by atoms with Crippen molar-refractivity contribution in [3.05, 3.63) is 23.8 Å². The van der Waals surface area contributed by atoms with Crippen molar-refractivity contribution in [1.29, 1.82) is 0 Å². The van der Waals surface area contributed by atoms with Crippen LogP contribution in [0.5, 0.6) is 0 Å². The Morgan fingerprint density at radius 1 is 1.44 bits per heavy atom. The Morgan fingerprint density at radius 3 is 2.81 bits per heavy atom. The molecule has 1 unspecified atom stereocenters. The molecule has 5 nitrogen and oxygen atoms in total. The molecule has 0 radical (unpaired) electrons. The molecule has 0 aliphatic heterocycles. The molecule has 1 rings (SSSR count). The Bertz CT molecular complexity index is 333. The first-order valence-corrected chi connectivity index (χ1v) is 4.94. The van der Waals surface area contributed by atoms with Gasteiger partial charge in [-0.05, 0) is 24.1 Å². The predicted molar refractivity (Wildman–Crippen MR) is 58.1 cm³/mol. The molecule has 1 aliphatic rings. The number of carbonyl (C=O) groups excluding carboxylic acids is 2. The lowest BCUT2D eigenvalue weighted by Crippen LogP contribution is -2.25. The summed E-state index contributed by atoms with van der Waals surface area (Å²) in [5.41, 5.74) is 0.961. The van der Waals surface area contributed by atoms with E-state index in [1.807, 2.05) is 0 Å². The lowest BCUT2D eigenvalue weighted by Gasteiger charge is -2.14. The first-order valence-electron chi connectivity index (χ1n) is 4.94. The fourth-order valence-electron chi connectivity index (χ4n) is 1.35. The van der Waals surface area contributed by atoms with Crippen molar-refractivity contribution >= 4 is 11.9 Å². The number of hydrogen-bond acceptors (Lipinski definition) is 4. The molecule has 0 aromatic heterocycles. The van der Waals surface area contributed by atoms with Gasteiger partial charge in [0.25, 0.3) is 0 Å². The fourth-order valence-corrected chi connectivity index (χ4v) is 1.35. The van der Waals surface area contributed by atoms with Gasteiger partial charge in [0.1, 0.15) is 6.10 Å². The number of methoxy groups -OCH3 is 2. The monoisotopic (exact) mass is 225 g/mol. The van der Waals surface area contributed by atoms with E-state index in [1.54, 1.807) is 12.2 Å². The molecular weight excluding hydrogens is 210 g/mol. The number of carbonyl (C=O) groups is 2. The summed E-state index contributed by atoms with van der Waals surface area (Å²) in [6.07, 6.45) is 4.65. The van der Waals surface area contributed by atoms with Crippen LogP contribution in [0.25, 0.3) is 0 Å². The van der Waals surface area contributed by atoms with Crippen LogP contribution in [0.15, 0.2) is 23.8 Å². The average Bonchev–Trinajstić information content (AvgIpc) is 2.31. The number of rotatable bonds is 4. The van der Waals surface area contributed by atoms with Crippen LogP contribution >= 0.6 is 0 Å². The summed E-state index contributed by atoms with van der Waals surface area (Å²) in [5.74, 6) is -0.0628. The number of ketones is 1. The van der Waals surface area contributed by atoms with Gasteiger partial charge >= 0.3 is 6.09 Å². The third-order valence-corrected chi connectivity index (χ3v) is 2.23. The first-order chi connectivity index (χ1) is 7.67. The summed E-state index contributed by atoms with van der Waals surface area (Å²) in [7, 11) is 2.80. The Hall–Kier alpha value is -1.62. The molecule has 0 aromatic rings. The van der Waals surface area contributed by atoms with Crippen LogP contribution in [-0.4, -0.2) is 38.7 Å². The van der Waals surface area contributed by atoms with Crippen LogP contribution < -0.4 is 5.32 Å². The topological polar surface area (TPSA) is 64.6 Å². The molecule has 1 atom stereocenters. The van der Waals surface area contributed by atoms with Gasteiger partial charge < -0.3 is 14.8 Å². The molecule has 0 fully saturated rings. The maximum atomic E-state index is 11.3. The maximum absolute atomic E-state index is 11.3. The second-order valence-corrected chi connectivity index (χ2v) is 3.30. The minimum atomic E-state index is -0.502. The zero-order chi connectivity index (χ0) is 12.0. The molecule has 0 saturated carbocycles. The van der Waals surface area contributed by atoms with Crippen molar-refractivity contribution in [2.45, 2.75) is 12.5 Å². The van der Waals surface area contributed by atoms with Gasteiger partial charge in [0.05, 0.1) is 7.11 Å². The molecule has 16 heavy (non-hydrogen) atoms. The van der Waals surface area contributed by atoms with Crippen LogP contribution in [0.3, 0.4) is 0 Å². The molecular formula is C11H15NO4. The van der Waals surface area contributed by atoms with E-state index < -0.39 is 12.2 Å². The lowest BCUT2D eigenvalue weighted by atomic mass is 10.0. The number of ether oxygens (including phenoxy) is 2. The van der Waals surface area contributed by atoms with E-state index in [9.17, 15) is 9.59 Å². The Labute approximate surface area is 94.1 Å². The quantitative estimate of drug-likeness (QED) is 0.769. The summed E-state index contributed by atoms with van der Waals surface area (Å²) in [6.45, 7) is 0.466. The lowest BCUT2D eigenvalue weighted by molar-refractivity contribution is -0.121.